The number of nitrogens with one attached hydrogen (secondary N) is 2. The Balaban J connectivity index is 1.95. The van der Waals surface area contributed by atoms with Crippen LogP contribution >= 0.6 is 0 Å². The van der Waals surface area contributed by atoms with Crippen LogP contribution in [-0.2, 0) is 17.8 Å². The lowest BCUT2D eigenvalue weighted by Crippen LogP contribution is -2.36. The highest BCUT2D eigenvalue weighted by Gasteiger charge is 2.15. The molecule has 0 saturated heterocycles. The van der Waals surface area contributed by atoms with Crippen molar-refractivity contribution >= 4 is 11.9 Å². The Bertz CT molecular complexity index is 828. The van der Waals surface area contributed by atoms with Crippen LogP contribution in [-0.4, -0.2) is 38.4 Å². The lowest BCUT2D eigenvalue weighted by Gasteiger charge is -2.12. The molecule has 1 aromatic carbocycles. The van der Waals surface area contributed by atoms with Gasteiger partial charge in [0.15, 0.2) is 11.7 Å². The van der Waals surface area contributed by atoms with Crippen molar-refractivity contribution in [1.82, 2.24) is 15.8 Å². The van der Waals surface area contributed by atoms with Gasteiger partial charge in [-0.3, -0.25) is 4.99 Å². The SMILES string of the molecule is CCC(CC)c1cc(CNC(=NC)NCc2ccc(OC)c(C(=O)OC)c2)on1. The van der Waals surface area contributed by atoms with Crippen LogP contribution in [0.2, 0.25) is 0 Å². The molecule has 0 bridgehead atoms. The molecule has 8 heteroatoms. The molecule has 0 aliphatic carbocycles. The molecule has 0 fully saturated rings. The van der Waals surface area contributed by atoms with Crippen LogP contribution in [0.5, 0.6) is 5.75 Å². The van der Waals surface area contributed by atoms with Crippen LogP contribution in [0.25, 0.3) is 0 Å². The fourth-order valence-electron chi connectivity index (χ4n) is 3.02. The quantitative estimate of drug-likeness (QED) is 0.377. The number of carbonyl (C=O) groups excluding carboxylic acids is 1. The molecule has 2 N–H and O–H groups in total. The Morgan fingerprint density at radius 1 is 1.17 bits per heavy atom. The van der Waals surface area contributed by atoms with E-state index in [1.165, 1.54) is 14.2 Å². The van der Waals surface area contributed by atoms with Crippen LogP contribution in [0.4, 0.5) is 0 Å². The average molecular weight is 402 g/mol. The minimum Gasteiger partial charge on any atom is -0.496 e. The maximum atomic E-state index is 11.9. The molecule has 29 heavy (non-hydrogen) atoms. The van der Waals surface area contributed by atoms with E-state index in [-0.39, 0.29) is 0 Å². The number of guanidine groups is 1. The third-order valence-electron chi connectivity index (χ3n) is 4.76. The van der Waals surface area contributed by atoms with Crippen LogP contribution in [0, 0.1) is 0 Å². The van der Waals surface area contributed by atoms with Crippen molar-refractivity contribution in [2.24, 2.45) is 4.99 Å². The van der Waals surface area contributed by atoms with Crippen molar-refractivity contribution in [3.63, 3.8) is 0 Å². The lowest BCUT2D eigenvalue weighted by atomic mass is 9.99. The Morgan fingerprint density at radius 3 is 2.52 bits per heavy atom. The summed E-state index contributed by atoms with van der Waals surface area (Å²) >= 11 is 0. The topological polar surface area (TPSA) is 98.0 Å². The molecule has 2 rings (SSSR count). The Hall–Kier alpha value is -3.03. The van der Waals surface area contributed by atoms with Gasteiger partial charge in [0.1, 0.15) is 11.3 Å². The number of methoxy groups -OCH3 is 2. The molecule has 0 unspecified atom stereocenters. The number of carbonyl (C=O) groups is 1. The van der Waals surface area contributed by atoms with E-state index in [2.05, 4.69) is 34.6 Å². The third-order valence-corrected chi connectivity index (χ3v) is 4.76. The normalized spacial score (nSPS) is 11.4. The maximum absolute atomic E-state index is 11.9. The summed E-state index contributed by atoms with van der Waals surface area (Å²) in [6.45, 7) is 5.25. The fraction of sp³-hybridized carbons (Fsp3) is 0.476. The second kappa shape index (κ2) is 11.1. The van der Waals surface area contributed by atoms with Gasteiger partial charge in [-0.1, -0.05) is 25.1 Å². The summed E-state index contributed by atoms with van der Waals surface area (Å²) < 4.78 is 15.5. The van der Waals surface area contributed by atoms with E-state index in [4.69, 9.17) is 14.0 Å². The summed E-state index contributed by atoms with van der Waals surface area (Å²) in [4.78, 5) is 16.1. The molecule has 1 aromatic heterocycles. The van der Waals surface area contributed by atoms with E-state index in [0.717, 1.165) is 29.9 Å². The van der Waals surface area contributed by atoms with Crippen molar-refractivity contribution in [2.45, 2.75) is 45.7 Å². The molecule has 0 radical (unpaired) electrons. The first-order valence-corrected chi connectivity index (χ1v) is 9.71. The van der Waals surface area contributed by atoms with E-state index in [1.54, 1.807) is 19.2 Å². The molecule has 8 nitrogen and oxygen atoms in total. The Kier molecular flexibility index (Phi) is 8.51. The number of nitrogens with zero attached hydrogens (tertiary/aromatic N) is 2. The summed E-state index contributed by atoms with van der Waals surface area (Å²) in [6, 6.07) is 7.35. The second-order valence-electron chi connectivity index (χ2n) is 6.54. The van der Waals surface area contributed by atoms with Gasteiger partial charge in [0, 0.05) is 25.6 Å². The molecular formula is C21H30N4O4. The summed E-state index contributed by atoms with van der Waals surface area (Å²) in [5.74, 6) is 1.82. The number of aliphatic imine (C=N–C) groups is 1. The van der Waals surface area contributed by atoms with Crippen LogP contribution in [0.15, 0.2) is 33.8 Å². The van der Waals surface area contributed by atoms with Gasteiger partial charge < -0.3 is 24.6 Å². The van der Waals surface area contributed by atoms with Crippen molar-refractivity contribution in [2.75, 3.05) is 21.3 Å². The van der Waals surface area contributed by atoms with Crippen LogP contribution < -0.4 is 15.4 Å². The summed E-state index contributed by atoms with van der Waals surface area (Å²) in [6.07, 6.45) is 2.07. The number of ether oxygens (including phenoxy) is 2. The number of rotatable bonds is 9. The minimum absolute atomic E-state index is 0.382. The number of esters is 1. The molecular weight excluding hydrogens is 372 g/mol. The lowest BCUT2D eigenvalue weighted by molar-refractivity contribution is 0.0597. The Morgan fingerprint density at radius 2 is 1.90 bits per heavy atom. The van der Waals surface area contributed by atoms with Gasteiger partial charge in [-0.2, -0.15) is 0 Å². The monoisotopic (exact) mass is 402 g/mol. The van der Waals surface area contributed by atoms with Crippen molar-refractivity contribution in [3.05, 3.63) is 46.8 Å². The molecule has 158 valence electrons. The minimum atomic E-state index is -0.440. The first-order chi connectivity index (χ1) is 14.1. The zero-order valence-corrected chi connectivity index (χ0v) is 17.7. The summed E-state index contributed by atoms with van der Waals surface area (Å²) in [5.41, 5.74) is 2.26. The molecule has 0 atom stereocenters. The zero-order valence-electron chi connectivity index (χ0n) is 17.7. The number of hydrogen-bond donors (Lipinski definition) is 2. The van der Waals surface area contributed by atoms with Gasteiger partial charge in [0.05, 0.1) is 26.5 Å². The van der Waals surface area contributed by atoms with E-state index in [0.29, 0.717) is 36.3 Å². The molecule has 0 aliphatic rings. The van der Waals surface area contributed by atoms with Crippen molar-refractivity contribution in [3.8, 4) is 5.75 Å². The van der Waals surface area contributed by atoms with Gasteiger partial charge in [0.25, 0.3) is 0 Å². The highest BCUT2D eigenvalue weighted by molar-refractivity contribution is 5.92. The maximum Gasteiger partial charge on any atom is 0.341 e. The van der Waals surface area contributed by atoms with Crippen LogP contribution in [0.3, 0.4) is 0 Å². The fourth-order valence-corrected chi connectivity index (χ4v) is 3.02. The number of benzene rings is 1. The summed E-state index contributed by atoms with van der Waals surface area (Å²) in [7, 11) is 4.55. The Labute approximate surface area is 171 Å². The predicted molar refractivity (Wildman–Crippen MR) is 111 cm³/mol. The largest absolute Gasteiger partial charge is 0.496 e. The molecule has 0 saturated carbocycles. The van der Waals surface area contributed by atoms with Crippen molar-refractivity contribution in [1.29, 1.82) is 0 Å². The van der Waals surface area contributed by atoms with Crippen molar-refractivity contribution < 1.29 is 18.8 Å². The molecule has 2 aromatic rings. The molecule has 0 amide bonds. The van der Waals surface area contributed by atoms with Gasteiger partial charge in [-0.15, -0.1) is 0 Å². The third kappa shape index (κ3) is 5.97. The zero-order chi connectivity index (χ0) is 21.2. The highest BCUT2D eigenvalue weighted by atomic mass is 16.5. The van der Waals surface area contributed by atoms with Gasteiger partial charge in [0.2, 0.25) is 0 Å². The molecule has 1 heterocycles. The van der Waals surface area contributed by atoms with E-state index < -0.39 is 5.97 Å². The van der Waals surface area contributed by atoms with Gasteiger partial charge in [-0.05, 0) is 30.5 Å². The van der Waals surface area contributed by atoms with E-state index in [1.807, 2.05) is 12.1 Å². The number of aromatic nitrogens is 1. The predicted octanol–water partition coefficient (Wildman–Crippen LogP) is 3.24. The smallest absolute Gasteiger partial charge is 0.341 e. The van der Waals surface area contributed by atoms with Gasteiger partial charge in [-0.25, -0.2) is 4.79 Å². The van der Waals surface area contributed by atoms with E-state index in [9.17, 15) is 4.79 Å². The standard InChI is InChI=1S/C21H30N4O4/c1-6-15(7-2)18-11-16(29-25-18)13-24-21(22-3)23-12-14-8-9-19(27-4)17(10-14)20(26)28-5/h8-11,15H,6-7,12-13H2,1-5H3,(H2,22,23,24). The van der Waals surface area contributed by atoms with Gasteiger partial charge >= 0.3 is 5.97 Å². The van der Waals surface area contributed by atoms with Crippen LogP contribution in [0.1, 0.15) is 60.0 Å². The molecule has 0 aliphatic heterocycles. The van der Waals surface area contributed by atoms with E-state index >= 15 is 0 Å². The molecule has 0 spiro atoms. The first-order valence-electron chi connectivity index (χ1n) is 9.71. The summed E-state index contributed by atoms with van der Waals surface area (Å²) in [5, 5.41) is 10.6. The number of hydrogen-bond acceptors (Lipinski definition) is 6. The second-order valence-corrected chi connectivity index (χ2v) is 6.54. The highest BCUT2D eigenvalue weighted by Crippen LogP contribution is 2.22. The average Bonchev–Trinajstić information content (AvgIpc) is 3.22. The first kappa shape index (κ1) is 22.3.